The van der Waals surface area contributed by atoms with Crippen molar-refractivity contribution in [3.63, 3.8) is 0 Å². The number of amides is 4. The van der Waals surface area contributed by atoms with Crippen LogP contribution in [0.25, 0.3) is 43.1 Å². The molecule has 0 radical (unpaired) electrons. The number of benzene rings is 9. The fraction of sp³-hybridized carbons (Fsp3) is 0.444. The quantitative estimate of drug-likeness (QED) is 0.0113. The van der Waals surface area contributed by atoms with Gasteiger partial charge >= 0.3 is 47.2 Å². The van der Waals surface area contributed by atoms with Crippen molar-refractivity contribution in [2.24, 2.45) is 11.8 Å². The van der Waals surface area contributed by atoms with Crippen LogP contribution in [-0.4, -0.2) is 190 Å². The summed E-state index contributed by atoms with van der Waals surface area (Å²) in [4.78, 5) is 98.8. The van der Waals surface area contributed by atoms with Gasteiger partial charge in [0.15, 0.2) is 0 Å². The van der Waals surface area contributed by atoms with Crippen LogP contribution >= 0.6 is 0 Å². The lowest BCUT2D eigenvalue weighted by atomic mass is 9.80. The van der Waals surface area contributed by atoms with Crippen molar-refractivity contribution >= 4 is 114 Å². The zero-order valence-corrected chi connectivity index (χ0v) is 75.4. The van der Waals surface area contributed by atoms with Crippen LogP contribution in [0.4, 0.5) is 0 Å². The molecule has 4 aliphatic rings. The average Bonchev–Trinajstić information content (AvgIpc) is 0.668. The first-order chi connectivity index (χ1) is 57.9. The number of ether oxygens (including phenoxy) is 6. The van der Waals surface area contributed by atoms with E-state index >= 15 is 28.8 Å². The van der Waals surface area contributed by atoms with Crippen LogP contribution in [0.2, 0.25) is 24.2 Å². The smallest absolute Gasteiger partial charge is 0.461 e. The number of aryl methyl sites for hydroxylation is 4. The van der Waals surface area contributed by atoms with E-state index in [1.54, 1.807) is 186 Å². The number of hydrogen-bond acceptors (Lipinski definition) is 24. The Morgan fingerprint density at radius 3 is 0.708 bits per heavy atom. The summed E-state index contributed by atoms with van der Waals surface area (Å²) in [5.41, 5.74) is 3.43. The van der Waals surface area contributed by atoms with E-state index < -0.39 is 107 Å². The molecule has 0 bridgehead atoms. The molecule has 120 heavy (non-hydrogen) atoms. The number of hydrogen-bond donors (Lipinski definition) is 0. The second-order valence-electron chi connectivity index (χ2n) is 31.6. The lowest BCUT2D eigenvalue weighted by Crippen LogP contribution is -2.54. The highest BCUT2D eigenvalue weighted by atomic mass is 28.4. The van der Waals surface area contributed by atoms with E-state index in [-0.39, 0.29) is 88.3 Å². The fourth-order valence-electron chi connectivity index (χ4n) is 17.4. The van der Waals surface area contributed by atoms with Gasteiger partial charge in [0.1, 0.15) is 70.3 Å². The SMILES string of the molecule is CO[Si](CCc1ccc(Oc2cc3c4c(cc(Oc5ccc(CC[Si](OC)(OC)OC)cc5)c5c6c(Oc7ccc(CC[Si](OC)(OC)OC)cc7)cc7c8c(cc(Oc9ccc(CC[Si](OC)(OC)OC)cc9)c(c2c45)c86)C(=O)N(C(C(=O)OC2CCCCC2)C(C)C)C7=O)C(=O)N(C(C(=O)OC2CCCCC2)C(C)C)C3=O)cc1)(OC)OC. The monoisotopic (exact) mass is 1710 g/mol. The molecule has 2 aliphatic heterocycles. The topological polar surface area (TPSA) is 275 Å². The Kier molecular flexibility index (Phi) is 28.3. The highest BCUT2D eigenvalue weighted by Crippen LogP contribution is 2.59. The molecule has 2 saturated carbocycles. The Morgan fingerprint density at radius 2 is 0.517 bits per heavy atom. The minimum atomic E-state index is -3.06. The van der Waals surface area contributed by atoms with Crippen molar-refractivity contribution < 1.29 is 110 Å². The molecule has 2 aliphatic carbocycles. The van der Waals surface area contributed by atoms with E-state index in [4.69, 9.17) is 81.5 Å². The van der Waals surface area contributed by atoms with Gasteiger partial charge < -0.3 is 81.5 Å². The van der Waals surface area contributed by atoms with Crippen LogP contribution in [-0.2, 0) is 97.9 Å². The Hall–Kier alpha value is -8.91. The summed E-state index contributed by atoms with van der Waals surface area (Å²) in [5, 5.41) is 1.70. The Labute approximate surface area is 705 Å². The van der Waals surface area contributed by atoms with E-state index in [1.165, 1.54) is 0 Å². The Bertz CT molecular complexity index is 4560. The van der Waals surface area contributed by atoms with Gasteiger partial charge in [-0.25, -0.2) is 9.59 Å². The number of fused-ring (bicyclic) bond motifs is 2. The van der Waals surface area contributed by atoms with Gasteiger partial charge in [0, 0.05) is 153 Å². The summed E-state index contributed by atoms with van der Waals surface area (Å²) in [6.07, 6.45) is 8.96. The highest BCUT2D eigenvalue weighted by Gasteiger charge is 2.50. The minimum Gasteiger partial charge on any atom is -0.461 e. The molecule has 9 aromatic carbocycles. The van der Waals surface area contributed by atoms with Crippen LogP contribution in [0.1, 0.15) is 156 Å². The second-order valence-corrected chi connectivity index (χ2v) is 43.9. The maximum Gasteiger partial charge on any atom is 0.500 e. The highest BCUT2D eigenvalue weighted by molar-refractivity contribution is 6.62. The van der Waals surface area contributed by atoms with Crippen molar-refractivity contribution in [3.05, 3.63) is 166 Å². The Morgan fingerprint density at radius 1 is 0.308 bits per heavy atom. The summed E-state index contributed by atoms with van der Waals surface area (Å²) >= 11 is 0. The van der Waals surface area contributed by atoms with E-state index in [0.717, 1.165) is 70.6 Å². The molecule has 0 N–H and O–H groups in total. The normalized spacial score (nSPS) is 15.8. The van der Waals surface area contributed by atoms with Gasteiger partial charge in [-0.1, -0.05) is 89.1 Å². The lowest BCUT2D eigenvalue weighted by molar-refractivity contribution is -0.157. The molecular weight excluding hydrogens is 1610 g/mol. The summed E-state index contributed by atoms with van der Waals surface area (Å²) in [6.45, 7) is 7.09. The third-order valence-electron chi connectivity index (χ3n) is 24.1. The zero-order chi connectivity index (χ0) is 85.5. The van der Waals surface area contributed by atoms with Gasteiger partial charge in [0.05, 0.1) is 22.3 Å². The molecule has 0 aromatic heterocycles. The standard InChI is InChI=1S/C90H110N2O24Si4/c1-55(2)83(89(97)115-61-23-19-17-20-24-61)91-85(93)67-51-71(111-63-35-27-57(28-36-63)43-47-117(99-5,100-6)101-7)77-79-73(113-65-39-31-59(32-40-65)45-49-119(105-11,106-12)107-13)53-69-76-70(88(96)92(87(69)95)84(56(3)4)90(98)116-62-25-21-18-22-26-62)54-74(114-66-41-33-60(34-42-66)46-50-120(108-14,109-15)110-16)80(82(76)79)78-72(52-68(86(91)94)75(67)81(77)78)112-64-37-29-58(30-38-64)44-48-118(102-8,103-9)104-10/h27-42,51-56,61-62,83-84H,17-26,43-50H2,1-16H3. The third kappa shape index (κ3) is 17.9. The first-order valence-corrected chi connectivity index (χ1v) is 48.8. The molecule has 640 valence electrons. The number of nitrogens with zero attached hydrogens (tertiary/aromatic N) is 2. The summed E-state index contributed by atoms with van der Waals surface area (Å²) in [6, 6.07) is 34.8. The third-order valence-corrected chi connectivity index (χ3v) is 35.1. The van der Waals surface area contributed by atoms with E-state index in [1.807, 2.05) is 48.5 Å². The van der Waals surface area contributed by atoms with Gasteiger partial charge in [0.25, 0.3) is 23.6 Å². The molecule has 30 heteroatoms. The Balaban J connectivity index is 1.15. The van der Waals surface area contributed by atoms with Crippen LogP contribution in [0.3, 0.4) is 0 Å². The zero-order valence-electron chi connectivity index (χ0n) is 71.4. The van der Waals surface area contributed by atoms with Crippen LogP contribution in [0.5, 0.6) is 46.0 Å². The molecule has 26 nitrogen and oxygen atoms in total. The van der Waals surface area contributed by atoms with Crippen LogP contribution < -0.4 is 18.9 Å². The van der Waals surface area contributed by atoms with Gasteiger partial charge in [0.2, 0.25) is 0 Å². The lowest BCUT2D eigenvalue weighted by Gasteiger charge is -2.37. The molecule has 2 heterocycles. The van der Waals surface area contributed by atoms with Crippen molar-refractivity contribution in [2.45, 2.75) is 166 Å². The van der Waals surface area contributed by atoms with Gasteiger partial charge in [-0.2, -0.15) is 0 Å². The van der Waals surface area contributed by atoms with Gasteiger partial charge in [-0.15, -0.1) is 0 Å². The second kappa shape index (κ2) is 38.2. The molecule has 2 unspecified atom stereocenters. The van der Waals surface area contributed by atoms with Gasteiger partial charge in [-0.05, 0) is 184 Å². The summed E-state index contributed by atoms with van der Waals surface area (Å²) < 4.78 is 112. The number of carbonyl (C=O) groups excluding carboxylic acids is 6. The summed E-state index contributed by atoms with van der Waals surface area (Å²) in [7, 11) is 6.51. The molecule has 13 rings (SSSR count). The maximum atomic E-state index is 16.6. The van der Waals surface area contributed by atoms with Crippen molar-refractivity contribution in [2.75, 3.05) is 85.3 Å². The van der Waals surface area contributed by atoms with Crippen LogP contribution in [0, 0.1) is 11.8 Å². The number of imide groups is 2. The van der Waals surface area contributed by atoms with E-state index in [2.05, 4.69) is 0 Å². The molecule has 2 atom stereocenters. The molecule has 0 spiro atoms. The largest absolute Gasteiger partial charge is 0.500 e. The van der Waals surface area contributed by atoms with E-state index in [9.17, 15) is 0 Å². The minimum absolute atomic E-state index is 0.0259. The fourth-order valence-corrected chi connectivity index (χ4v) is 24.2. The molecule has 9 aromatic rings. The molecular formula is C90H110N2O24Si4. The first kappa shape index (κ1) is 88.9. The first-order valence-electron chi connectivity index (χ1n) is 41.1. The van der Waals surface area contributed by atoms with E-state index in [0.29, 0.717) is 98.5 Å². The average molecular weight is 1720 g/mol. The summed E-state index contributed by atoms with van der Waals surface area (Å²) in [5.74, 6) is -4.73. The van der Waals surface area contributed by atoms with Crippen LogP contribution in [0.15, 0.2) is 121 Å². The molecule has 0 saturated heterocycles. The predicted octanol–water partition coefficient (Wildman–Crippen LogP) is 17.6. The van der Waals surface area contributed by atoms with Crippen molar-refractivity contribution in [3.8, 4) is 46.0 Å². The number of rotatable bonds is 40. The molecule has 4 amide bonds. The maximum absolute atomic E-state index is 16.6. The number of carbonyl (C=O) groups is 6. The predicted molar refractivity (Wildman–Crippen MR) is 459 cm³/mol. The van der Waals surface area contributed by atoms with Crippen molar-refractivity contribution in [1.82, 2.24) is 9.80 Å². The molecule has 2 fully saturated rings. The van der Waals surface area contributed by atoms with Crippen molar-refractivity contribution in [1.29, 1.82) is 0 Å². The number of esters is 2. The van der Waals surface area contributed by atoms with Gasteiger partial charge in [-0.3, -0.25) is 29.0 Å².